The van der Waals surface area contributed by atoms with Crippen LogP contribution in [0, 0.1) is 5.92 Å². The van der Waals surface area contributed by atoms with E-state index in [4.69, 9.17) is 10.1 Å². The Bertz CT molecular complexity index is 844. The lowest BCUT2D eigenvalue weighted by Gasteiger charge is -2.23. The third kappa shape index (κ3) is 4.87. The van der Waals surface area contributed by atoms with Crippen LogP contribution in [-0.4, -0.2) is 38.5 Å². The Morgan fingerprint density at radius 2 is 1.70 bits per heavy atom. The van der Waals surface area contributed by atoms with Crippen molar-refractivity contribution in [2.45, 2.75) is 96.8 Å². The number of carbonyl (C=O) groups is 1. The average Bonchev–Trinajstić information content (AvgIpc) is 3.17. The molecule has 5 nitrogen and oxygen atoms in total. The predicted molar refractivity (Wildman–Crippen MR) is 121 cm³/mol. The molecule has 0 spiro atoms. The van der Waals surface area contributed by atoms with Gasteiger partial charge in [-0.25, -0.2) is 9.50 Å². The Labute approximate surface area is 181 Å². The van der Waals surface area contributed by atoms with Crippen molar-refractivity contribution in [3.8, 4) is 0 Å². The molecule has 2 aromatic heterocycles. The van der Waals surface area contributed by atoms with E-state index in [-0.39, 0.29) is 5.91 Å². The van der Waals surface area contributed by atoms with Crippen LogP contribution in [0.5, 0.6) is 0 Å². The lowest BCUT2D eigenvalue weighted by atomic mass is 9.86. The first-order valence-corrected chi connectivity index (χ1v) is 12.3. The normalized spacial score (nSPS) is 20.1. The van der Waals surface area contributed by atoms with Crippen molar-refractivity contribution in [1.82, 2.24) is 19.5 Å². The molecule has 1 amide bonds. The molecule has 1 saturated heterocycles. The van der Waals surface area contributed by atoms with Gasteiger partial charge in [0.2, 0.25) is 0 Å². The second-order valence-corrected chi connectivity index (χ2v) is 9.55. The van der Waals surface area contributed by atoms with Crippen LogP contribution >= 0.6 is 0 Å². The Hall–Kier alpha value is -1.91. The lowest BCUT2D eigenvalue weighted by molar-refractivity contribution is 0.0736. The van der Waals surface area contributed by atoms with Crippen LogP contribution in [0.15, 0.2) is 12.1 Å². The maximum atomic E-state index is 13.2. The number of nitrogens with zero attached hydrogens (tertiary/aromatic N) is 4. The van der Waals surface area contributed by atoms with Gasteiger partial charge in [0.05, 0.1) is 0 Å². The van der Waals surface area contributed by atoms with E-state index in [1.54, 1.807) is 0 Å². The summed E-state index contributed by atoms with van der Waals surface area (Å²) in [6, 6.07) is 4.18. The molecule has 30 heavy (non-hydrogen) atoms. The van der Waals surface area contributed by atoms with E-state index in [0.29, 0.717) is 11.6 Å². The number of hydrogen-bond acceptors (Lipinski definition) is 3. The first-order chi connectivity index (χ1) is 14.7. The van der Waals surface area contributed by atoms with Gasteiger partial charge < -0.3 is 4.90 Å². The largest absolute Gasteiger partial charge is 0.337 e. The first-order valence-electron chi connectivity index (χ1n) is 12.3. The molecule has 1 aliphatic carbocycles. The average molecular weight is 411 g/mol. The summed E-state index contributed by atoms with van der Waals surface area (Å²) in [4.78, 5) is 20.2. The van der Waals surface area contributed by atoms with Crippen molar-refractivity contribution in [3.63, 3.8) is 0 Å². The molecule has 1 atom stereocenters. The highest BCUT2D eigenvalue weighted by Crippen LogP contribution is 2.28. The summed E-state index contributed by atoms with van der Waals surface area (Å²) < 4.78 is 1.94. The molecular formula is C25H38N4O. The monoisotopic (exact) mass is 410 g/mol. The minimum atomic E-state index is 0.0753. The van der Waals surface area contributed by atoms with Crippen LogP contribution in [0.4, 0.5) is 0 Å². The quantitative estimate of drug-likeness (QED) is 0.628. The molecule has 2 fully saturated rings. The number of likely N-dealkylation sites (tertiary alicyclic amines) is 1. The number of aromatic nitrogens is 3. The highest BCUT2D eigenvalue weighted by atomic mass is 16.2. The van der Waals surface area contributed by atoms with Gasteiger partial charge >= 0.3 is 0 Å². The molecule has 4 rings (SSSR count). The van der Waals surface area contributed by atoms with Crippen molar-refractivity contribution in [1.29, 1.82) is 0 Å². The van der Waals surface area contributed by atoms with E-state index in [2.05, 4.69) is 19.9 Å². The Morgan fingerprint density at radius 1 is 1.03 bits per heavy atom. The molecule has 1 aliphatic heterocycles. The highest BCUT2D eigenvalue weighted by Gasteiger charge is 2.23. The predicted octanol–water partition coefficient (Wildman–Crippen LogP) is 5.77. The zero-order valence-corrected chi connectivity index (χ0v) is 18.9. The van der Waals surface area contributed by atoms with E-state index < -0.39 is 0 Å². The van der Waals surface area contributed by atoms with E-state index in [0.717, 1.165) is 50.3 Å². The number of fused-ring (bicyclic) bond motifs is 1. The van der Waals surface area contributed by atoms with E-state index >= 15 is 0 Å². The fourth-order valence-corrected chi connectivity index (χ4v) is 5.12. The summed E-state index contributed by atoms with van der Waals surface area (Å²) in [6.45, 7) is 6.17. The SMILES string of the molecule is CCC(C)c1cc(CC2CCCCC2)nc2cc(C(=O)N3CCCCCCC3)nn12. The fourth-order valence-electron chi connectivity index (χ4n) is 5.12. The van der Waals surface area contributed by atoms with E-state index in [1.807, 2.05) is 15.5 Å². The Balaban J connectivity index is 1.62. The number of rotatable bonds is 5. The van der Waals surface area contributed by atoms with Gasteiger partial charge in [0.15, 0.2) is 11.3 Å². The van der Waals surface area contributed by atoms with Crippen molar-refractivity contribution < 1.29 is 4.79 Å². The molecular weight excluding hydrogens is 372 g/mol. The Kier molecular flexibility index (Phi) is 7.06. The van der Waals surface area contributed by atoms with Gasteiger partial charge in [-0.3, -0.25) is 4.79 Å². The zero-order valence-electron chi connectivity index (χ0n) is 18.9. The Morgan fingerprint density at radius 3 is 2.40 bits per heavy atom. The highest BCUT2D eigenvalue weighted by molar-refractivity contribution is 5.93. The molecule has 0 N–H and O–H groups in total. The van der Waals surface area contributed by atoms with Gasteiger partial charge in [-0.2, -0.15) is 5.10 Å². The molecule has 3 heterocycles. The summed E-state index contributed by atoms with van der Waals surface area (Å²) in [5.41, 5.74) is 3.77. The van der Waals surface area contributed by atoms with Gasteiger partial charge in [-0.15, -0.1) is 0 Å². The minimum Gasteiger partial charge on any atom is -0.337 e. The minimum absolute atomic E-state index is 0.0753. The summed E-state index contributed by atoms with van der Waals surface area (Å²) >= 11 is 0. The van der Waals surface area contributed by atoms with Crippen LogP contribution in [0.25, 0.3) is 5.65 Å². The van der Waals surface area contributed by atoms with Crippen LogP contribution < -0.4 is 0 Å². The summed E-state index contributed by atoms with van der Waals surface area (Å²) in [5, 5.41) is 4.76. The molecule has 0 radical (unpaired) electrons. The number of carbonyl (C=O) groups excluding carboxylic acids is 1. The maximum Gasteiger partial charge on any atom is 0.274 e. The smallest absolute Gasteiger partial charge is 0.274 e. The topological polar surface area (TPSA) is 50.5 Å². The second-order valence-electron chi connectivity index (χ2n) is 9.55. The van der Waals surface area contributed by atoms with Gasteiger partial charge in [0.1, 0.15) is 0 Å². The van der Waals surface area contributed by atoms with Crippen molar-refractivity contribution in [3.05, 3.63) is 29.2 Å². The molecule has 1 saturated carbocycles. The van der Waals surface area contributed by atoms with Gasteiger partial charge in [0, 0.05) is 30.5 Å². The van der Waals surface area contributed by atoms with Crippen molar-refractivity contribution in [2.24, 2.45) is 5.92 Å². The zero-order chi connectivity index (χ0) is 20.9. The van der Waals surface area contributed by atoms with Gasteiger partial charge in [-0.1, -0.05) is 65.2 Å². The van der Waals surface area contributed by atoms with Crippen molar-refractivity contribution in [2.75, 3.05) is 13.1 Å². The fraction of sp³-hybridized carbons (Fsp3) is 0.720. The summed E-state index contributed by atoms with van der Waals surface area (Å²) in [5.74, 6) is 1.22. The molecule has 0 bridgehead atoms. The molecule has 5 heteroatoms. The van der Waals surface area contributed by atoms with Crippen LogP contribution in [-0.2, 0) is 6.42 Å². The summed E-state index contributed by atoms with van der Waals surface area (Å²) in [6.07, 6.45) is 14.8. The summed E-state index contributed by atoms with van der Waals surface area (Å²) in [7, 11) is 0. The van der Waals surface area contributed by atoms with E-state index in [9.17, 15) is 4.79 Å². The van der Waals surface area contributed by atoms with Crippen LogP contribution in [0.3, 0.4) is 0 Å². The molecule has 0 aromatic carbocycles. The first kappa shape index (κ1) is 21.3. The van der Waals surface area contributed by atoms with Crippen LogP contribution in [0.1, 0.15) is 112 Å². The molecule has 2 aliphatic rings. The molecule has 2 aromatic rings. The number of hydrogen-bond donors (Lipinski definition) is 0. The van der Waals surface area contributed by atoms with Gasteiger partial charge in [-0.05, 0) is 43.6 Å². The standard InChI is InChI=1S/C25H38N4O/c1-3-19(2)23-17-21(16-20-12-8-7-9-13-20)26-24-18-22(27-29(23)24)25(30)28-14-10-5-4-6-11-15-28/h17-20H,3-16H2,1-2H3. The molecule has 164 valence electrons. The second kappa shape index (κ2) is 9.93. The number of amides is 1. The molecule has 1 unspecified atom stereocenters. The van der Waals surface area contributed by atoms with Crippen molar-refractivity contribution >= 4 is 11.6 Å². The third-order valence-electron chi connectivity index (χ3n) is 7.21. The van der Waals surface area contributed by atoms with E-state index in [1.165, 1.54) is 62.8 Å². The third-order valence-corrected chi connectivity index (χ3v) is 7.21. The van der Waals surface area contributed by atoms with Gasteiger partial charge in [0.25, 0.3) is 5.91 Å². The maximum absolute atomic E-state index is 13.2. The van der Waals surface area contributed by atoms with Crippen LogP contribution in [0.2, 0.25) is 0 Å². The lowest BCUT2D eigenvalue weighted by Crippen LogP contribution is -2.34.